The van der Waals surface area contributed by atoms with Gasteiger partial charge in [0.05, 0.1) is 0 Å². The van der Waals surface area contributed by atoms with Crippen LogP contribution >= 0.6 is 0 Å². The summed E-state index contributed by atoms with van der Waals surface area (Å²) >= 11 is 0. The molecule has 2 rings (SSSR count). The summed E-state index contributed by atoms with van der Waals surface area (Å²) in [6, 6.07) is 6.14. The molecule has 0 radical (unpaired) electrons. The third-order valence-corrected chi connectivity index (χ3v) is 3.31. The Balaban J connectivity index is 1.79. The van der Waals surface area contributed by atoms with Crippen LogP contribution in [-0.4, -0.2) is 42.4 Å². The zero-order chi connectivity index (χ0) is 13.0. The van der Waals surface area contributed by atoms with E-state index in [0.717, 1.165) is 25.4 Å². The van der Waals surface area contributed by atoms with Crippen LogP contribution in [0.1, 0.15) is 24.0 Å². The van der Waals surface area contributed by atoms with Gasteiger partial charge in [0.1, 0.15) is 18.5 Å². The van der Waals surface area contributed by atoms with Crippen LogP contribution < -0.4 is 4.74 Å². The zero-order valence-corrected chi connectivity index (χ0v) is 11.4. The SMILES string of the molecule is Cc1cc(C)cc(OC[C@H](O)CN2CCCC2)c1. The van der Waals surface area contributed by atoms with Crippen LogP contribution in [0, 0.1) is 13.8 Å². The van der Waals surface area contributed by atoms with Gasteiger partial charge in [-0.25, -0.2) is 0 Å². The summed E-state index contributed by atoms with van der Waals surface area (Å²) in [6.07, 6.45) is 2.11. The van der Waals surface area contributed by atoms with Gasteiger partial charge in [0.15, 0.2) is 0 Å². The van der Waals surface area contributed by atoms with Gasteiger partial charge in [0.2, 0.25) is 0 Å². The van der Waals surface area contributed by atoms with E-state index in [9.17, 15) is 5.11 Å². The van der Waals surface area contributed by atoms with Gasteiger partial charge in [-0.05, 0) is 63.0 Å². The molecular formula is C15H23NO2. The first kappa shape index (κ1) is 13.4. The topological polar surface area (TPSA) is 32.7 Å². The lowest BCUT2D eigenvalue weighted by atomic mass is 10.1. The average molecular weight is 249 g/mol. The molecule has 0 saturated carbocycles. The van der Waals surface area contributed by atoms with Crippen LogP contribution in [0.3, 0.4) is 0 Å². The van der Waals surface area contributed by atoms with Gasteiger partial charge in [-0.15, -0.1) is 0 Å². The molecular weight excluding hydrogens is 226 g/mol. The lowest BCUT2D eigenvalue weighted by Gasteiger charge is -2.19. The molecule has 1 saturated heterocycles. The Hall–Kier alpha value is -1.06. The van der Waals surface area contributed by atoms with E-state index in [1.807, 2.05) is 12.1 Å². The molecule has 0 unspecified atom stereocenters. The van der Waals surface area contributed by atoms with Gasteiger partial charge in [-0.2, -0.15) is 0 Å². The Morgan fingerprint density at radius 1 is 1.17 bits per heavy atom. The Kier molecular flexibility index (Phi) is 4.61. The number of aliphatic hydroxyl groups is 1. The normalized spacial score (nSPS) is 17.9. The molecule has 100 valence electrons. The number of β-amino-alcohol motifs (C(OH)–C–C–N with tert-alkyl or cyclic N) is 1. The highest BCUT2D eigenvalue weighted by molar-refractivity contribution is 5.32. The van der Waals surface area contributed by atoms with Gasteiger partial charge in [0.25, 0.3) is 0 Å². The van der Waals surface area contributed by atoms with E-state index in [4.69, 9.17) is 4.74 Å². The van der Waals surface area contributed by atoms with Crippen molar-refractivity contribution in [2.75, 3.05) is 26.2 Å². The van der Waals surface area contributed by atoms with E-state index in [0.29, 0.717) is 6.61 Å². The lowest BCUT2D eigenvalue weighted by Crippen LogP contribution is -2.33. The van der Waals surface area contributed by atoms with Crippen LogP contribution in [0.4, 0.5) is 0 Å². The van der Waals surface area contributed by atoms with E-state index in [1.165, 1.54) is 24.0 Å². The van der Waals surface area contributed by atoms with E-state index in [1.54, 1.807) is 0 Å². The largest absolute Gasteiger partial charge is 0.491 e. The van der Waals surface area contributed by atoms with Crippen LogP contribution in [0.2, 0.25) is 0 Å². The Morgan fingerprint density at radius 2 is 1.78 bits per heavy atom. The minimum absolute atomic E-state index is 0.374. The molecule has 0 spiro atoms. The van der Waals surface area contributed by atoms with Crippen molar-refractivity contribution < 1.29 is 9.84 Å². The number of ether oxygens (including phenoxy) is 1. The second kappa shape index (κ2) is 6.21. The standard InChI is InChI=1S/C15H23NO2/c1-12-7-13(2)9-15(8-12)18-11-14(17)10-16-5-3-4-6-16/h7-9,14,17H,3-6,10-11H2,1-2H3/t14-/m1/s1. The summed E-state index contributed by atoms with van der Waals surface area (Å²) in [6.45, 7) is 7.44. The molecule has 0 amide bonds. The molecule has 3 heteroatoms. The van der Waals surface area contributed by atoms with Gasteiger partial charge in [-0.3, -0.25) is 0 Å². The number of aryl methyl sites for hydroxylation is 2. The van der Waals surface area contributed by atoms with E-state index in [2.05, 4.69) is 24.8 Å². The van der Waals surface area contributed by atoms with Crippen molar-refractivity contribution in [3.8, 4) is 5.75 Å². The van der Waals surface area contributed by atoms with Crippen molar-refractivity contribution >= 4 is 0 Å². The monoisotopic (exact) mass is 249 g/mol. The number of nitrogens with zero attached hydrogens (tertiary/aromatic N) is 1. The predicted octanol–water partition coefficient (Wildman–Crippen LogP) is 2.14. The molecule has 0 aliphatic carbocycles. The number of hydrogen-bond acceptors (Lipinski definition) is 3. The fourth-order valence-electron chi connectivity index (χ4n) is 2.52. The molecule has 1 N–H and O–H groups in total. The summed E-state index contributed by atoms with van der Waals surface area (Å²) < 4.78 is 5.66. The number of benzene rings is 1. The smallest absolute Gasteiger partial charge is 0.119 e. The number of aliphatic hydroxyl groups excluding tert-OH is 1. The third-order valence-electron chi connectivity index (χ3n) is 3.31. The van der Waals surface area contributed by atoms with Crippen molar-refractivity contribution in [1.82, 2.24) is 4.90 Å². The summed E-state index contributed by atoms with van der Waals surface area (Å²) in [5.74, 6) is 0.855. The molecule has 18 heavy (non-hydrogen) atoms. The van der Waals surface area contributed by atoms with Crippen molar-refractivity contribution in [1.29, 1.82) is 0 Å². The van der Waals surface area contributed by atoms with E-state index < -0.39 is 6.10 Å². The zero-order valence-electron chi connectivity index (χ0n) is 11.4. The molecule has 1 aliphatic rings. The highest BCUT2D eigenvalue weighted by Crippen LogP contribution is 2.16. The first-order valence-corrected chi connectivity index (χ1v) is 6.75. The minimum atomic E-state index is -0.399. The average Bonchev–Trinajstić information content (AvgIpc) is 2.78. The summed E-state index contributed by atoms with van der Waals surface area (Å²) in [7, 11) is 0. The highest BCUT2D eigenvalue weighted by atomic mass is 16.5. The molecule has 1 fully saturated rings. The fourth-order valence-corrected chi connectivity index (χ4v) is 2.52. The third kappa shape index (κ3) is 4.00. The van der Waals surface area contributed by atoms with Crippen LogP contribution in [0.15, 0.2) is 18.2 Å². The van der Waals surface area contributed by atoms with Gasteiger partial charge in [0, 0.05) is 6.54 Å². The molecule has 0 aromatic heterocycles. The van der Waals surface area contributed by atoms with Crippen molar-refractivity contribution in [3.05, 3.63) is 29.3 Å². The second-order valence-corrected chi connectivity index (χ2v) is 5.30. The Labute approximate surface area is 109 Å². The van der Waals surface area contributed by atoms with Crippen molar-refractivity contribution in [2.45, 2.75) is 32.8 Å². The van der Waals surface area contributed by atoms with Crippen LogP contribution in [0.25, 0.3) is 0 Å². The maximum atomic E-state index is 9.94. The molecule has 1 heterocycles. The van der Waals surface area contributed by atoms with Crippen molar-refractivity contribution in [2.24, 2.45) is 0 Å². The summed E-state index contributed by atoms with van der Waals surface area (Å²) in [4.78, 5) is 2.30. The number of rotatable bonds is 5. The molecule has 1 aliphatic heterocycles. The van der Waals surface area contributed by atoms with Crippen molar-refractivity contribution in [3.63, 3.8) is 0 Å². The minimum Gasteiger partial charge on any atom is -0.491 e. The maximum absolute atomic E-state index is 9.94. The molecule has 3 nitrogen and oxygen atoms in total. The molecule has 1 aromatic carbocycles. The predicted molar refractivity (Wildman–Crippen MR) is 73.1 cm³/mol. The first-order valence-electron chi connectivity index (χ1n) is 6.75. The van der Waals surface area contributed by atoms with Gasteiger partial charge >= 0.3 is 0 Å². The van der Waals surface area contributed by atoms with Crippen LogP contribution in [-0.2, 0) is 0 Å². The number of likely N-dealkylation sites (tertiary alicyclic amines) is 1. The fraction of sp³-hybridized carbons (Fsp3) is 0.600. The second-order valence-electron chi connectivity index (χ2n) is 5.30. The molecule has 1 atom stereocenters. The first-order chi connectivity index (χ1) is 8.63. The quantitative estimate of drug-likeness (QED) is 0.868. The van der Waals surface area contributed by atoms with Gasteiger partial charge in [-0.1, -0.05) is 6.07 Å². The number of hydrogen-bond donors (Lipinski definition) is 1. The lowest BCUT2D eigenvalue weighted by molar-refractivity contribution is 0.0758. The Bertz CT molecular complexity index is 366. The summed E-state index contributed by atoms with van der Waals surface area (Å²) in [5.41, 5.74) is 2.39. The molecule has 1 aromatic rings. The van der Waals surface area contributed by atoms with Gasteiger partial charge < -0.3 is 14.7 Å². The maximum Gasteiger partial charge on any atom is 0.119 e. The summed E-state index contributed by atoms with van der Waals surface area (Å²) in [5, 5.41) is 9.94. The highest BCUT2D eigenvalue weighted by Gasteiger charge is 2.16. The van der Waals surface area contributed by atoms with E-state index in [-0.39, 0.29) is 0 Å². The van der Waals surface area contributed by atoms with Crippen LogP contribution in [0.5, 0.6) is 5.75 Å². The Morgan fingerprint density at radius 3 is 2.39 bits per heavy atom. The van der Waals surface area contributed by atoms with E-state index >= 15 is 0 Å². The molecule has 0 bridgehead atoms.